The van der Waals surface area contributed by atoms with E-state index in [0.717, 1.165) is 17.8 Å². The monoisotopic (exact) mass is 310 g/mol. The highest BCUT2D eigenvalue weighted by atomic mass is 35.5. The third-order valence-electron chi connectivity index (χ3n) is 3.57. The van der Waals surface area contributed by atoms with Crippen molar-refractivity contribution >= 4 is 22.6 Å². The molecule has 0 aliphatic carbocycles. The van der Waals surface area contributed by atoms with Crippen molar-refractivity contribution in [2.24, 2.45) is 5.41 Å². The van der Waals surface area contributed by atoms with Crippen LogP contribution in [0.5, 0.6) is 0 Å². The largest absolute Gasteiger partial charge is 0.321 e. The van der Waals surface area contributed by atoms with Crippen LogP contribution in [0.15, 0.2) is 18.2 Å². The Kier molecular flexibility index (Phi) is 4.09. The minimum atomic E-state index is -0.269. The van der Waals surface area contributed by atoms with Crippen LogP contribution >= 0.6 is 11.6 Å². The smallest absolute Gasteiger partial charge is 0.128 e. The number of nitrogens with zero attached hydrogens (tertiary/aromatic N) is 2. The van der Waals surface area contributed by atoms with Gasteiger partial charge in [0.05, 0.1) is 16.4 Å². The van der Waals surface area contributed by atoms with E-state index in [9.17, 15) is 4.39 Å². The first-order chi connectivity index (χ1) is 9.51. The molecule has 0 amide bonds. The molecule has 1 aromatic heterocycles. The van der Waals surface area contributed by atoms with E-state index in [1.54, 1.807) is 6.07 Å². The highest BCUT2D eigenvalue weighted by Crippen LogP contribution is 2.37. The van der Waals surface area contributed by atoms with Crippen LogP contribution < -0.4 is 0 Å². The molecule has 2 nitrogen and oxygen atoms in total. The predicted molar refractivity (Wildman–Crippen MR) is 87.4 cm³/mol. The van der Waals surface area contributed by atoms with Crippen LogP contribution in [-0.4, -0.2) is 9.55 Å². The first-order valence-electron chi connectivity index (χ1n) is 7.34. The van der Waals surface area contributed by atoms with Crippen molar-refractivity contribution in [3.8, 4) is 0 Å². The van der Waals surface area contributed by atoms with E-state index in [0.29, 0.717) is 5.52 Å². The molecule has 0 aliphatic rings. The lowest BCUT2D eigenvalue weighted by Gasteiger charge is -2.36. The normalized spacial score (nSPS) is 14.7. The minimum absolute atomic E-state index is 0.149. The molecule has 0 N–H and O–H groups in total. The third kappa shape index (κ3) is 3.39. The van der Waals surface area contributed by atoms with Gasteiger partial charge in [-0.2, -0.15) is 0 Å². The van der Waals surface area contributed by atoms with Gasteiger partial charge in [-0.05, 0) is 44.7 Å². The molecule has 0 aliphatic heterocycles. The Bertz CT molecular complexity index is 651. The van der Waals surface area contributed by atoms with E-state index in [-0.39, 0.29) is 22.1 Å². The molecule has 0 bridgehead atoms. The number of rotatable bonds is 3. The van der Waals surface area contributed by atoms with Gasteiger partial charge in [-0.3, -0.25) is 0 Å². The van der Waals surface area contributed by atoms with Gasteiger partial charge in [0.15, 0.2) is 0 Å². The van der Waals surface area contributed by atoms with E-state index in [4.69, 9.17) is 11.6 Å². The number of halogens is 2. The van der Waals surface area contributed by atoms with Gasteiger partial charge in [0.25, 0.3) is 0 Å². The topological polar surface area (TPSA) is 17.8 Å². The summed E-state index contributed by atoms with van der Waals surface area (Å²) in [6.07, 6.45) is 0.972. The molecule has 116 valence electrons. The summed E-state index contributed by atoms with van der Waals surface area (Å²) in [4.78, 5) is 4.56. The molecule has 0 saturated carbocycles. The van der Waals surface area contributed by atoms with E-state index in [2.05, 4.69) is 44.2 Å². The Morgan fingerprint density at radius 1 is 1.24 bits per heavy atom. The van der Waals surface area contributed by atoms with Crippen molar-refractivity contribution in [3.05, 3.63) is 29.8 Å². The molecule has 1 heterocycles. The zero-order valence-corrected chi connectivity index (χ0v) is 14.4. The second-order valence-electron chi connectivity index (χ2n) is 7.60. The van der Waals surface area contributed by atoms with Crippen LogP contribution in [0.2, 0.25) is 0 Å². The lowest BCUT2D eigenvalue weighted by molar-refractivity contribution is 0.215. The van der Waals surface area contributed by atoms with Crippen LogP contribution in [0.1, 0.15) is 59.2 Å². The van der Waals surface area contributed by atoms with Gasteiger partial charge < -0.3 is 4.57 Å². The zero-order chi connectivity index (χ0) is 16.0. The van der Waals surface area contributed by atoms with Gasteiger partial charge in [0.2, 0.25) is 0 Å². The molecule has 0 fully saturated rings. The van der Waals surface area contributed by atoms with Crippen LogP contribution in [-0.2, 0) is 5.54 Å². The van der Waals surface area contributed by atoms with Crippen LogP contribution in [0.3, 0.4) is 0 Å². The molecular weight excluding hydrogens is 287 g/mol. The van der Waals surface area contributed by atoms with Crippen molar-refractivity contribution in [1.29, 1.82) is 0 Å². The lowest BCUT2D eigenvalue weighted by Crippen LogP contribution is -2.33. The number of aromatic nitrogens is 2. The van der Waals surface area contributed by atoms with E-state index in [1.807, 2.05) is 6.92 Å². The second kappa shape index (κ2) is 5.28. The minimum Gasteiger partial charge on any atom is -0.321 e. The van der Waals surface area contributed by atoms with Gasteiger partial charge in [-0.25, -0.2) is 9.37 Å². The second-order valence-corrected chi connectivity index (χ2v) is 8.26. The number of imidazole rings is 1. The maximum absolute atomic E-state index is 13.5. The Balaban J connectivity index is 2.68. The van der Waals surface area contributed by atoms with Crippen molar-refractivity contribution in [1.82, 2.24) is 9.55 Å². The SMILES string of the molecule is CC(Cl)c1nc2cc(F)ccc2n1C(C)(C)CC(C)(C)C. The Labute approximate surface area is 131 Å². The van der Waals surface area contributed by atoms with Crippen LogP contribution in [0, 0.1) is 11.2 Å². The molecule has 2 aromatic rings. The first-order valence-corrected chi connectivity index (χ1v) is 7.77. The van der Waals surface area contributed by atoms with Gasteiger partial charge in [0, 0.05) is 11.6 Å². The third-order valence-corrected chi connectivity index (χ3v) is 3.76. The average molecular weight is 311 g/mol. The summed E-state index contributed by atoms with van der Waals surface area (Å²) in [5.41, 5.74) is 1.63. The van der Waals surface area contributed by atoms with Gasteiger partial charge >= 0.3 is 0 Å². The summed E-state index contributed by atoms with van der Waals surface area (Å²) >= 11 is 6.32. The molecule has 2 rings (SSSR count). The quantitative estimate of drug-likeness (QED) is 0.670. The molecule has 0 saturated heterocycles. The molecule has 1 aromatic carbocycles. The summed E-state index contributed by atoms with van der Waals surface area (Å²) in [6, 6.07) is 4.75. The average Bonchev–Trinajstić information content (AvgIpc) is 2.64. The number of hydrogen-bond donors (Lipinski definition) is 0. The maximum Gasteiger partial charge on any atom is 0.128 e. The summed E-state index contributed by atoms with van der Waals surface area (Å²) in [5, 5.41) is -0.222. The van der Waals surface area contributed by atoms with Gasteiger partial charge in [-0.1, -0.05) is 20.8 Å². The van der Waals surface area contributed by atoms with Crippen LogP contribution in [0.4, 0.5) is 4.39 Å². The zero-order valence-electron chi connectivity index (χ0n) is 13.7. The van der Waals surface area contributed by atoms with Crippen molar-refractivity contribution in [2.45, 2.75) is 58.9 Å². The van der Waals surface area contributed by atoms with Gasteiger partial charge in [0.1, 0.15) is 11.6 Å². The van der Waals surface area contributed by atoms with Crippen molar-refractivity contribution in [3.63, 3.8) is 0 Å². The molecule has 1 atom stereocenters. The fraction of sp³-hybridized carbons (Fsp3) is 0.588. The summed E-state index contributed by atoms with van der Waals surface area (Å²) in [5.74, 6) is 0.529. The Morgan fingerprint density at radius 2 is 1.86 bits per heavy atom. The van der Waals surface area contributed by atoms with Gasteiger partial charge in [-0.15, -0.1) is 11.6 Å². The number of hydrogen-bond acceptors (Lipinski definition) is 1. The summed E-state index contributed by atoms with van der Waals surface area (Å²) in [7, 11) is 0. The first kappa shape index (κ1) is 16.3. The van der Waals surface area contributed by atoms with Crippen molar-refractivity contribution in [2.75, 3.05) is 0 Å². The number of alkyl halides is 1. The highest BCUT2D eigenvalue weighted by molar-refractivity contribution is 6.20. The lowest BCUT2D eigenvalue weighted by atomic mass is 9.81. The van der Waals surface area contributed by atoms with E-state index in [1.165, 1.54) is 12.1 Å². The Morgan fingerprint density at radius 3 is 2.38 bits per heavy atom. The fourth-order valence-corrected chi connectivity index (χ4v) is 3.50. The van der Waals surface area contributed by atoms with Crippen molar-refractivity contribution < 1.29 is 4.39 Å². The molecule has 0 spiro atoms. The van der Waals surface area contributed by atoms with Crippen LogP contribution in [0.25, 0.3) is 11.0 Å². The molecular formula is C17H24ClFN2. The molecule has 4 heteroatoms. The maximum atomic E-state index is 13.5. The number of fused-ring (bicyclic) bond motifs is 1. The standard InChI is InChI=1S/C17H24ClFN2/c1-11(18)15-20-13-9-12(19)7-8-14(13)21(15)17(5,6)10-16(2,3)4/h7-9,11H,10H2,1-6H3. The molecule has 21 heavy (non-hydrogen) atoms. The van der Waals surface area contributed by atoms with E-state index < -0.39 is 0 Å². The number of benzene rings is 1. The highest BCUT2D eigenvalue weighted by Gasteiger charge is 2.31. The molecule has 1 unspecified atom stereocenters. The Hall–Kier alpha value is -1.09. The predicted octanol–water partition coefficient (Wildman–Crippen LogP) is 5.65. The van der Waals surface area contributed by atoms with E-state index >= 15 is 0 Å². The summed E-state index contributed by atoms with van der Waals surface area (Å²) < 4.78 is 15.6. The molecule has 0 radical (unpaired) electrons. The summed E-state index contributed by atoms with van der Waals surface area (Å²) in [6.45, 7) is 12.9. The fourth-order valence-electron chi connectivity index (χ4n) is 3.35.